The Morgan fingerprint density at radius 3 is 2.44 bits per heavy atom. The van der Waals surface area contributed by atoms with Crippen LogP contribution in [0.4, 0.5) is 0 Å². The third-order valence-electron chi connectivity index (χ3n) is 6.57. The van der Waals surface area contributed by atoms with E-state index >= 15 is 0 Å². The number of likely N-dealkylation sites (N-methyl/N-ethyl adjacent to an activating group) is 1. The molecule has 8 heteroatoms. The van der Waals surface area contributed by atoms with Gasteiger partial charge in [-0.3, -0.25) is 9.59 Å². The summed E-state index contributed by atoms with van der Waals surface area (Å²) >= 11 is 0. The molecule has 0 saturated carbocycles. The Hall–Kier alpha value is -1.51. The van der Waals surface area contributed by atoms with E-state index in [0.29, 0.717) is 18.9 Å². The lowest BCUT2D eigenvalue weighted by molar-refractivity contribution is -0.192. The van der Waals surface area contributed by atoms with Crippen LogP contribution in [0.5, 0.6) is 0 Å². The Kier molecular flexibility index (Phi) is 12.5. The Morgan fingerprint density at radius 1 is 1.06 bits per heavy atom. The summed E-state index contributed by atoms with van der Waals surface area (Å²) in [5.41, 5.74) is 0. The van der Waals surface area contributed by atoms with Crippen LogP contribution < -0.4 is 0 Å². The average Bonchev–Trinajstić information content (AvgIpc) is 2.86. The fraction of sp³-hybridized carbons (Fsp3) is 0.885. The molecule has 0 amide bonds. The zero-order valence-corrected chi connectivity index (χ0v) is 21.8. The van der Waals surface area contributed by atoms with Gasteiger partial charge in [-0.15, -0.1) is 0 Å². The monoisotopic (exact) mass is 483 g/mol. The molecule has 2 heterocycles. The molecule has 0 bridgehead atoms. The van der Waals surface area contributed by atoms with E-state index in [4.69, 9.17) is 18.9 Å². The van der Waals surface area contributed by atoms with Crippen LogP contribution in [0, 0.1) is 5.92 Å². The van der Waals surface area contributed by atoms with Crippen molar-refractivity contribution in [3.63, 3.8) is 0 Å². The molecule has 2 aliphatic rings. The second-order valence-electron chi connectivity index (χ2n) is 10.4. The lowest BCUT2D eigenvalue weighted by Gasteiger charge is -2.27. The highest BCUT2D eigenvalue weighted by atomic mass is 16.7. The number of esters is 2. The van der Waals surface area contributed by atoms with E-state index in [1.807, 2.05) is 13.8 Å². The van der Waals surface area contributed by atoms with Crippen molar-refractivity contribution >= 4 is 17.7 Å². The summed E-state index contributed by atoms with van der Waals surface area (Å²) in [6.07, 6.45) is 6.04. The van der Waals surface area contributed by atoms with Crippen molar-refractivity contribution in [1.82, 2.24) is 4.90 Å². The molecule has 196 valence electrons. The molecular formula is C26H45NO7. The van der Waals surface area contributed by atoms with E-state index < -0.39 is 23.8 Å². The minimum atomic E-state index is -1.06. The molecular weight excluding hydrogens is 438 g/mol. The highest BCUT2D eigenvalue weighted by Gasteiger charge is 2.31. The highest BCUT2D eigenvalue weighted by Crippen LogP contribution is 2.22. The molecule has 2 saturated heterocycles. The lowest BCUT2D eigenvalue weighted by Crippen LogP contribution is -2.35. The number of Topliss-reactive ketones (excluding diaryl/α,β-unsaturated/α-hetero) is 1. The van der Waals surface area contributed by atoms with Gasteiger partial charge in [0.15, 0.2) is 12.4 Å². The van der Waals surface area contributed by atoms with Crippen LogP contribution in [-0.4, -0.2) is 73.5 Å². The van der Waals surface area contributed by atoms with E-state index in [-0.39, 0.29) is 37.4 Å². The van der Waals surface area contributed by atoms with E-state index in [0.717, 1.165) is 51.5 Å². The van der Waals surface area contributed by atoms with Gasteiger partial charge in [0, 0.05) is 31.8 Å². The number of ether oxygens (including phenoxy) is 4. The van der Waals surface area contributed by atoms with Crippen molar-refractivity contribution in [1.29, 1.82) is 0 Å². The van der Waals surface area contributed by atoms with Gasteiger partial charge >= 0.3 is 11.9 Å². The van der Waals surface area contributed by atoms with Crippen molar-refractivity contribution < 1.29 is 33.3 Å². The van der Waals surface area contributed by atoms with Gasteiger partial charge in [0.2, 0.25) is 0 Å². The molecule has 5 atom stereocenters. The van der Waals surface area contributed by atoms with Crippen LogP contribution in [-0.2, 0) is 33.3 Å². The molecule has 3 unspecified atom stereocenters. The SMILES string of the molecule is CC(C)CC(=O)OC1CCCCCCCC(O[C@H]2CC(C)N(C)C[C@H](C)O2)CCOC(=O)C1=O. The number of ketones is 1. The van der Waals surface area contributed by atoms with Crippen LogP contribution in [0.1, 0.15) is 91.9 Å². The first kappa shape index (κ1) is 28.7. The fourth-order valence-corrected chi connectivity index (χ4v) is 4.49. The van der Waals surface area contributed by atoms with E-state index in [9.17, 15) is 14.4 Å². The first-order valence-electron chi connectivity index (χ1n) is 13.1. The van der Waals surface area contributed by atoms with Crippen molar-refractivity contribution in [3.05, 3.63) is 0 Å². The molecule has 34 heavy (non-hydrogen) atoms. The second-order valence-corrected chi connectivity index (χ2v) is 10.4. The molecule has 0 spiro atoms. The lowest BCUT2D eigenvalue weighted by atomic mass is 10.0. The first-order chi connectivity index (χ1) is 16.2. The summed E-state index contributed by atoms with van der Waals surface area (Å²) in [5, 5.41) is 0. The van der Waals surface area contributed by atoms with Crippen LogP contribution in [0.2, 0.25) is 0 Å². The van der Waals surface area contributed by atoms with Gasteiger partial charge < -0.3 is 23.8 Å². The molecule has 2 fully saturated rings. The maximum absolute atomic E-state index is 12.7. The molecule has 0 aromatic heterocycles. The Morgan fingerprint density at radius 2 is 1.74 bits per heavy atom. The summed E-state index contributed by atoms with van der Waals surface area (Å²) in [6, 6.07) is 0.347. The van der Waals surface area contributed by atoms with Gasteiger partial charge in [-0.05, 0) is 46.1 Å². The van der Waals surface area contributed by atoms with Gasteiger partial charge in [-0.2, -0.15) is 0 Å². The molecule has 0 N–H and O–H groups in total. The van der Waals surface area contributed by atoms with E-state index in [2.05, 4.69) is 25.8 Å². The minimum Gasteiger partial charge on any atom is -0.460 e. The predicted octanol–water partition coefficient (Wildman–Crippen LogP) is 4.03. The summed E-state index contributed by atoms with van der Waals surface area (Å²) in [5.74, 6) is -2.04. The van der Waals surface area contributed by atoms with Gasteiger partial charge in [0.25, 0.3) is 5.78 Å². The number of hydrogen-bond donors (Lipinski definition) is 0. The fourth-order valence-electron chi connectivity index (χ4n) is 4.49. The van der Waals surface area contributed by atoms with Crippen LogP contribution in [0.3, 0.4) is 0 Å². The number of nitrogens with zero attached hydrogens (tertiary/aromatic N) is 1. The summed E-state index contributed by atoms with van der Waals surface area (Å²) in [6.45, 7) is 8.97. The average molecular weight is 484 g/mol. The minimum absolute atomic E-state index is 0.0734. The Balaban J connectivity index is 1.97. The third-order valence-corrected chi connectivity index (χ3v) is 6.57. The quantitative estimate of drug-likeness (QED) is 0.428. The van der Waals surface area contributed by atoms with Crippen LogP contribution in [0.25, 0.3) is 0 Å². The molecule has 8 nitrogen and oxygen atoms in total. The molecule has 0 aliphatic carbocycles. The van der Waals surface area contributed by atoms with E-state index in [1.165, 1.54) is 0 Å². The molecule has 0 aromatic rings. The Bertz CT molecular complexity index is 653. The Labute approximate surface area is 205 Å². The summed E-state index contributed by atoms with van der Waals surface area (Å²) in [4.78, 5) is 39.5. The normalized spacial score (nSPS) is 31.4. The van der Waals surface area contributed by atoms with Gasteiger partial charge in [-0.1, -0.05) is 39.5 Å². The predicted molar refractivity (Wildman–Crippen MR) is 128 cm³/mol. The number of carbonyl (C=O) groups excluding carboxylic acids is 3. The van der Waals surface area contributed by atoms with Crippen molar-refractivity contribution in [3.8, 4) is 0 Å². The van der Waals surface area contributed by atoms with Gasteiger partial charge in [0.1, 0.15) is 0 Å². The molecule has 0 aromatic carbocycles. The summed E-state index contributed by atoms with van der Waals surface area (Å²) < 4.78 is 23.1. The van der Waals surface area contributed by atoms with Crippen molar-refractivity contribution in [2.45, 2.75) is 123 Å². The number of carbonyl (C=O) groups is 3. The largest absolute Gasteiger partial charge is 0.460 e. The van der Waals surface area contributed by atoms with E-state index in [1.54, 1.807) is 0 Å². The number of rotatable bonds is 5. The summed E-state index contributed by atoms with van der Waals surface area (Å²) in [7, 11) is 2.10. The second kappa shape index (κ2) is 14.8. The van der Waals surface area contributed by atoms with Crippen molar-refractivity contribution in [2.75, 3.05) is 20.2 Å². The topological polar surface area (TPSA) is 91.4 Å². The maximum Gasteiger partial charge on any atom is 0.378 e. The van der Waals surface area contributed by atoms with Gasteiger partial charge in [-0.25, -0.2) is 4.79 Å². The number of cyclic esters (lactones) is 1. The highest BCUT2D eigenvalue weighted by molar-refractivity contribution is 6.35. The van der Waals surface area contributed by atoms with Gasteiger partial charge in [0.05, 0.1) is 18.8 Å². The number of hydrogen-bond acceptors (Lipinski definition) is 8. The first-order valence-corrected chi connectivity index (χ1v) is 13.1. The molecule has 0 radical (unpaired) electrons. The van der Waals surface area contributed by atoms with Crippen LogP contribution >= 0.6 is 0 Å². The smallest absolute Gasteiger partial charge is 0.378 e. The van der Waals surface area contributed by atoms with Crippen molar-refractivity contribution in [2.24, 2.45) is 5.92 Å². The van der Waals surface area contributed by atoms with Crippen LogP contribution in [0.15, 0.2) is 0 Å². The standard InChI is InChI=1S/C26H45NO7/c1-18(2)15-23(28)34-22-12-10-8-6-7-9-11-21(13-14-31-26(30)25(22)29)33-24-16-19(3)27(5)17-20(4)32-24/h18-22,24H,6-17H2,1-5H3/t19?,20-,21?,22?,24-/m0/s1. The third kappa shape index (κ3) is 10.4. The molecule has 2 rings (SSSR count). The maximum atomic E-state index is 12.7. The zero-order valence-electron chi connectivity index (χ0n) is 21.8. The zero-order chi connectivity index (χ0) is 25.1. The molecule has 2 aliphatic heterocycles.